The van der Waals surface area contributed by atoms with Crippen LogP contribution in [-0.4, -0.2) is 39.9 Å². The Labute approximate surface area is 203 Å². The first-order valence-electron chi connectivity index (χ1n) is 11.0. The lowest BCUT2D eigenvalue weighted by Gasteiger charge is -2.16. The molecule has 0 radical (unpaired) electrons. The van der Waals surface area contributed by atoms with E-state index < -0.39 is 5.91 Å². The first kappa shape index (κ1) is 23.6. The fourth-order valence-corrected chi connectivity index (χ4v) is 3.96. The number of nitriles is 1. The van der Waals surface area contributed by atoms with Crippen molar-refractivity contribution in [2.24, 2.45) is 7.05 Å². The summed E-state index contributed by atoms with van der Waals surface area (Å²) in [6.07, 6.45) is 7.01. The van der Waals surface area contributed by atoms with E-state index in [0.717, 1.165) is 27.8 Å². The Balaban J connectivity index is 1.61. The van der Waals surface area contributed by atoms with E-state index >= 15 is 0 Å². The number of ether oxygens (including phenoxy) is 2. The topological polar surface area (TPSA) is 118 Å². The molecule has 0 bridgehead atoms. The maximum absolute atomic E-state index is 12.9. The smallest absolute Gasteiger partial charge is 0.262 e. The minimum Gasteiger partial charge on any atom is -0.493 e. The van der Waals surface area contributed by atoms with Gasteiger partial charge in [-0.1, -0.05) is 6.07 Å². The van der Waals surface area contributed by atoms with Crippen molar-refractivity contribution in [2.75, 3.05) is 14.2 Å². The molecule has 0 aliphatic rings. The zero-order valence-corrected chi connectivity index (χ0v) is 20.2. The van der Waals surface area contributed by atoms with E-state index in [2.05, 4.69) is 20.4 Å². The minimum absolute atomic E-state index is 0.0128. The van der Waals surface area contributed by atoms with E-state index in [1.165, 1.54) is 0 Å². The molecule has 9 nitrogen and oxygen atoms in total. The molecule has 0 aliphatic carbocycles. The molecule has 4 aromatic rings. The Morgan fingerprint density at radius 1 is 1.26 bits per heavy atom. The van der Waals surface area contributed by atoms with Crippen LogP contribution >= 0.6 is 0 Å². The van der Waals surface area contributed by atoms with Crippen molar-refractivity contribution in [3.8, 4) is 28.7 Å². The Hall–Kier alpha value is -4.58. The molecule has 3 aromatic heterocycles. The number of amides is 1. The van der Waals surface area contributed by atoms with Crippen LogP contribution in [0.1, 0.15) is 29.8 Å². The highest BCUT2D eigenvalue weighted by Crippen LogP contribution is 2.30. The summed E-state index contributed by atoms with van der Waals surface area (Å²) in [4.78, 5) is 20.5. The fraction of sp³-hybridized carbons (Fsp3) is 0.231. The molecule has 1 amide bonds. The minimum atomic E-state index is -0.476. The molecule has 1 atom stereocenters. The highest BCUT2D eigenvalue weighted by molar-refractivity contribution is 6.04. The number of aromatic nitrogens is 4. The molecule has 0 saturated heterocycles. The van der Waals surface area contributed by atoms with E-state index in [0.29, 0.717) is 22.7 Å². The van der Waals surface area contributed by atoms with Crippen LogP contribution in [0.5, 0.6) is 11.5 Å². The number of fused-ring (bicyclic) bond motifs is 1. The number of methoxy groups -OCH3 is 2. The van der Waals surface area contributed by atoms with E-state index in [9.17, 15) is 10.1 Å². The predicted octanol–water partition coefficient (Wildman–Crippen LogP) is 4.07. The largest absolute Gasteiger partial charge is 0.493 e. The molecule has 35 heavy (non-hydrogen) atoms. The second kappa shape index (κ2) is 9.73. The van der Waals surface area contributed by atoms with Crippen LogP contribution in [0.2, 0.25) is 0 Å². The lowest BCUT2D eigenvalue weighted by Crippen LogP contribution is -2.27. The fourth-order valence-electron chi connectivity index (χ4n) is 3.96. The van der Waals surface area contributed by atoms with Gasteiger partial charge in [0, 0.05) is 47.7 Å². The number of H-pyrrole nitrogens is 1. The van der Waals surface area contributed by atoms with Crippen molar-refractivity contribution in [3.63, 3.8) is 0 Å². The predicted molar refractivity (Wildman–Crippen MR) is 133 cm³/mol. The molecular formula is C26H26N6O3. The van der Waals surface area contributed by atoms with Crippen LogP contribution in [0.15, 0.2) is 48.4 Å². The van der Waals surface area contributed by atoms with Gasteiger partial charge in [-0.25, -0.2) is 4.98 Å². The normalized spacial score (nSPS) is 12.3. The van der Waals surface area contributed by atoms with Crippen LogP contribution in [0, 0.1) is 18.3 Å². The van der Waals surface area contributed by atoms with E-state index in [-0.39, 0.29) is 11.6 Å². The SMILES string of the molecule is COc1ccc([C@@H](C)NC(=O)/C(C#N)=C/c2c[nH]c3ncc(-c4cn(C)nc4C)cc23)cc1OC. The van der Waals surface area contributed by atoms with Gasteiger partial charge in [-0.15, -0.1) is 0 Å². The lowest BCUT2D eigenvalue weighted by atomic mass is 10.0. The Morgan fingerprint density at radius 2 is 2.03 bits per heavy atom. The van der Waals surface area contributed by atoms with Gasteiger partial charge < -0.3 is 19.8 Å². The number of carbonyl (C=O) groups excluding carboxylic acids is 1. The van der Waals surface area contributed by atoms with Gasteiger partial charge in [0.15, 0.2) is 11.5 Å². The van der Waals surface area contributed by atoms with Gasteiger partial charge in [-0.2, -0.15) is 10.4 Å². The summed E-state index contributed by atoms with van der Waals surface area (Å²) in [6.45, 7) is 3.78. The number of aryl methyl sites for hydroxylation is 2. The van der Waals surface area contributed by atoms with Crippen molar-refractivity contribution in [1.29, 1.82) is 5.26 Å². The van der Waals surface area contributed by atoms with Gasteiger partial charge in [0.2, 0.25) is 0 Å². The summed E-state index contributed by atoms with van der Waals surface area (Å²) in [7, 11) is 4.99. The number of rotatable bonds is 7. The molecule has 0 fully saturated rings. The number of aromatic amines is 1. The maximum Gasteiger partial charge on any atom is 0.262 e. The summed E-state index contributed by atoms with van der Waals surface area (Å²) in [5.74, 6) is 0.686. The third kappa shape index (κ3) is 4.73. The molecular weight excluding hydrogens is 444 g/mol. The average molecular weight is 471 g/mol. The molecule has 0 aliphatic heterocycles. The number of benzene rings is 1. The molecule has 178 valence electrons. The zero-order valence-electron chi connectivity index (χ0n) is 20.2. The number of carbonyl (C=O) groups is 1. The average Bonchev–Trinajstić information content (AvgIpc) is 3.42. The molecule has 3 heterocycles. The Kier molecular flexibility index (Phi) is 6.55. The molecule has 1 aromatic carbocycles. The number of pyridine rings is 1. The third-order valence-corrected chi connectivity index (χ3v) is 5.81. The van der Waals surface area contributed by atoms with E-state index in [1.54, 1.807) is 49.5 Å². The lowest BCUT2D eigenvalue weighted by molar-refractivity contribution is -0.117. The van der Waals surface area contributed by atoms with Gasteiger partial charge in [-0.3, -0.25) is 9.48 Å². The number of nitrogens with one attached hydrogen (secondary N) is 2. The highest BCUT2D eigenvalue weighted by atomic mass is 16.5. The first-order chi connectivity index (χ1) is 16.8. The van der Waals surface area contributed by atoms with Crippen LogP contribution in [0.3, 0.4) is 0 Å². The summed E-state index contributed by atoms with van der Waals surface area (Å²) in [5, 5.41) is 17.8. The molecule has 9 heteroatoms. The van der Waals surface area contributed by atoms with Crippen LogP contribution in [0.25, 0.3) is 28.2 Å². The van der Waals surface area contributed by atoms with Crippen molar-refractivity contribution in [3.05, 3.63) is 65.2 Å². The number of hydrogen-bond donors (Lipinski definition) is 2. The van der Waals surface area contributed by atoms with E-state index in [4.69, 9.17) is 9.47 Å². The Morgan fingerprint density at radius 3 is 2.69 bits per heavy atom. The second-order valence-corrected chi connectivity index (χ2v) is 8.15. The quantitative estimate of drug-likeness (QED) is 0.310. The number of hydrogen-bond acceptors (Lipinski definition) is 6. The first-order valence-corrected chi connectivity index (χ1v) is 11.0. The molecule has 0 unspecified atom stereocenters. The van der Waals surface area contributed by atoms with Gasteiger partial charge in [-0.05, 0) is 43.7 Å². The summed E-state index contributed by atoms with van der Waals surface area (Å²) in [5.41, 5.74) is 4.94. The van der Waals surface area contributed by atoms with Gasteiger partial charge in [0.05, 0.1) is 26.0 Å². The maximum atomic E-state index is 12.9. The standard InChI is InChI=1S/C26H26N6O3/c1-15(17-6-7-23(34-4)24(10-17)35-5)30-26(33)18(11-27)8-19-12-28-25-21(19)9-20(13-29-25)22-14-32(3)31-16(22)2/h6-10,12-15H,1-5H3,(H,28,29)(H,30,33)/b18-8+/t15-/m1/s1. The van der Waals surface area contributed by atoms with Gasteiger partial charge in [0.25, 0.3) is 5.91 Å². The monoisotopic (exact) mass is 470 g/mol. The zero-order chi connectivity index (χ0) is 25.1. The highest BCUT2D eigenvalue weighted by Gasteiger charge is 2.17. The second-order valence-electron chi connectivity index (χ2n) is 8.15. The summed E-state index contributed by atoms with van der Waals surface area (Å²) in [6, 6.07) is 9.06. The summed E-state index contributed by atoms with van der Waals surface area (Å²) >= 11 is 0. The van der Waals surface area contributed by atoms with Gasteiger partial charge in [0.1, 0.15) is 17.3 Å². The van der Waals surface area contributed by atoms with Crippen LogP contribution in [-0.2, 0) is 11.8 Å². The molecule has 0 spiro atoms. The van der Waals surface area contributed by atoms with E-state index in [1.807, 2.05) is 45.3 Å². The summed E-state index contributed by atoms with van der Waals surface area (Å²) < 4.78 is 12.4. The van der Waals surface area contributed by atoms with Crippen molar-refractivity contribution < 1.29 is 14.3 Å². The van der Waals surface area contributed by atoms with Crippen molar-refractivity contribution in [2.45, 2.75) is 19.9 Å². The van der Waals surface area contributed by atoms with Crippen molar-refractivity contribution >= 4 is 23.0 Å². The van der Waals surface area contributed by atoms with Crippen LogP contribution in [0.4, 0.5) is 0 Å². The Bertz CT molecular complexity index is 1470. The van der Waals surface area contributed by atoms with Crippen molar-refractivity contribution in [1.82, 2.24) is 25.1 Å². The van der Waals surface area contributed by atoms with Gasteiger partial charge >= 0.3 is 0 Å². The molecule has 4 rings (SSSR count). The molecule has 2 N–H and O–H groups in total. The number of nitrogens with zero attached hydrogens (tertiary/aromatic N) is 4. The third-order valence-electron chi connectivity index (χ3n) is 5.81. The molecule has 0 saturated carbocycles. The van der Waals surface area contributed by atoms with Crippen LogP contribution < -0.4 is 14.8 Å².